The average molecular weight is 506 g/mol. The molecular weight excluding hydrogens is 486 g/mol. The molecule has 4 aromatic rings. The Morgan fingerprint density at radius 1 is 1.00 bits per heavy atom. The first-order valence-electron chi connectivity index (χ1n) is 10.7. The average Bonchev–Trinajstić information content (AvgIpc) is 3.29. The van der Waals surface area contributed by atoms with Crippen molar-refractivity contribution in [2.24, 2.45) is 5.10 Å². The van der Waals surface area contributed by atoms with Gasteiger partial charge in [-0.3, -0.25) is 19.8 Å². The van der Waals surface area contributed by atoms with Crippen molar-refractivity contribution in [3.05, 3.63) is 101 Å². The van der Waals surface area contributed by atoms with Gasteiger partial charge >= 0.3 is 0 Å². The van der Waals surface area contributed by atoms with E-state index >= 15 is 0 Å². The number of anilines is 1. The molecule has 176 valence electrons. The molecule has 0 fully saturated rings. The number of hydrazone groups is 1. The number of fused-ring (bicyclic) bond motifs is 1. The molecule has 1 aromatic heterocycles. The van der Waals surface area contributed by atoms with Crippen LogP contribution in [0.15, 0.2) is 84.2 Å². The van der Waals surface area contributed by atoms with Gasteiger partial charge in [-0.05, 0) is 53.6 Å². The zero-order valence-electron chi connectivity index (χ0n) is 18.6. The van der Waals surface area contributed by atoms with Gasteiger partial charge in [0.25, 0.3) is 5.91 Å². The molecule has 0 saturated heterocycles. The molecule has 0 spiro atoms. The Morgan fingerprint density at radius 3 is 2.49 bits per heavy atom. The van der Waals surface area contributed by atoms with Gasteiger partial charge in [0, 0.05) is 29.4 Å². The maximum atomic E-state index is 12.5. The van der Waals surface area contributed by atoms with Crippen LogP contribution >= 0.6 is 11.6 Å². The Labute approximate surface area is 207 Å². The summed E-state index contributed by atoms with van der Waals surface area (Å²) in [5.74, 6) is -0.701. The van der Waals surface area contributed by atoms with E-state index in [0.717, 1.165) is 34.1 Å². The molecule has 35 heavy (non-hydrogen) atoms. The lowest BCUT2D eigenvalue weighted by Crippen LogP contribution is -2.29. The molecule has 0 bridgehead atoms. The number of nitrogens with zero attached hydrogens (tertiary/aromatic N) is 4. The van der Waals surface area contributed by atoms with Gasteiger partial charge in [0.15, 0.2) is 0 Å². The number of sulfonamides is 1. The number of amides is 1. The number of hydrogen-bond donors (Lipinski definition) is 1. The van der Waals surface area contributed by atoms with Crippen LogP contribution in [0.2, 0.25) is 5.02 Å². The lowest BCUT2D eigenvalue weighted by molar-refractivity contribution is 0.0981. The third-order valence-electron chi connectivity index (χ3n) is 5.62. The maximum Gasteiger partial charge on any atom is 0.264 e. The first-order chi connectivity index (χ1) is 16.8. The third kappa shape index (κ3) is 5.01. The number of nitrogens with one attached hydrogen (secondary N) is 1. The molecule has 1 amide bonds. The van der Waals surface area contributed by atoms with E-state index in [0.29, 0.717) is 17.1 Å². The molecular formula is C25H20ClN5O3S. The molecule has 1 unspecified atom stereocenters. The highest BCUT2D eigenvalue weighted by molar-refractivity contribution is 7.89. The van der Waals surface area contributed by atoms with E-state index in [1.807, 2.05) is 58.3 Å². The second-order valence-electron chi connectivity index (χ2n) is 8.18. The molecule has 0 radical (unpaired) electrons. The van der Waals surface area contributed by atoms with E-state index in [1.54, 1.807) is 30.6 Å². The van der Waals surface area contributed by atoms with Crippen LogP contribution in [0.1, 0.15) is 33.9 Å². The Balaban J connectivity index is 1.57. The number of rotatable bonds is 5. The molecule has 1 aliphatic rings. The summed E-state index contributed by atoms with van der Waals surface area (Å²) < 4.78 is 25.1. The fraction of sp³-hybridized carbons (Fsp3) is 0.120. The summed E-state index contributed by atoms with van der Waals surface area (Å²) in [5, 5.41) is 7.38. The van der Waals surface area contributed by atoms with Crippen molar-refractivity contribution in [1.29, 1.82) is 0 Å². The quantitative estimate of drug-likeness (QED) is 0.433. The van der Waals surface area contributed by atoms with Crippen LogP contribution in [0.3, 0.4) is 0 Å². The monoisotopic (exact) mass is 505 g/mol. The largest absolute Gasteiger partial charge is 0.268 e. The van der Waals surface area contributed by atoms with Gasteiger partial charge in [-0.1, -0.05) is 35.9 Å². The number of hydrogen-bond acceptors (Lipinski definition) is 7. The SMILES string of the molecule is CS(=O)(=O)NC(=O)c1cccc(N2N=C(c3ccc(Cl)cc3)CC2c2ccc3nccnc3c2)c1. The first-order valence-corrected chi connectivity index (χ1v) is 13.0. The minimum absolute atomic E-state index is 0.180. The highest BCUT2D eigenvalue weighted by atomic mass is 35.5. The summed E-state index contributed by atoms with van der Waals surface area (Å²) in [7, 11) is -3.69. The molecule has 2 heterocycles. The molecule has 3 aromatic carbocycles. The molecule has 1 atom stereocenters. The van der Waals surface area contributed by atoms with Crippen LogP contribution in [0.4, 0.5) is 5.69 Å². The number of carbonyl (C=O) groups excluding carboxylic acids is 1. The Kier molecular flexibility index (Phi) is 5.96. The lowest BCUT2D eigenvalue weighted by Gasteiger charge is -2.24. The molecule has 1 aliphatic heterocycles. The molecule has 8 nitrogen and oxygen atoms in total. The lowest BCUT2D eigenvalue weighted by atomic mass is 9.97. The van der Waals surface area contributed by atoms with E-state index in [-0.39, 0.29) is 11.6 Å². The molecule has 1 N–H and O–H groups in total. The Morgan fingerprint density at radius 2 is 1.74 bits per heavy atom. The summed E-state index contributed by atoms with van der Waals surface area (Å²) >= 11 is 6.07. The van der Waals surface area contributed by atoms with Gasteiger partial charge < -0.3 is 0 Å². The van der Waals surface area contributed by atoms with Crippen molar-refractivity contribution in [2.45, 2.75) is 12.5 Å². The van der Waals surface area contributed by atoms with Gasteiger partial charge in [-0.25, -0.2) is 13.1 Å². The predicted molar refractivity (Wildman–Crippen MR) is 136 cm³/mol. The topological polar surface area (TPSA) is 105 Å². The smallest absolute Gasteiger partial charge is 0.264 e. The van der Waals surface area contributed by atoms with Gasteiger partial charge in [-0.15, -0.1) is 0 Å². The van der Waals surface area contributed by atoms with E-state index in [4.69, 9.17) is 16.7 Å². The zero-order chi connectivity index (χ0) is 24.6. The van der Waals surface area contributed by atoms with Crippen molar-refractivity contribution in [3.8, 4) is 0 Å². The summed E-state index contributed by atoms with van der Waals surface area (Å²) in [6.07, 6.45) is 4.85. The van der Waals surface area contributed by atoms with Gasteiger partial charge in [0.1, 0.15) is 0 Å². The molecule has 0 aliphatic carbocycles. The van der Waals surface area contributed by atoms with Gasteiger partial charge in [0.05, 0.1) is 34.7 Å². The zero-order valence-corrected chi connectivity index (χ0v) is 20.2. The van der Waals surface area contributed by atoms with Gasteiger partial charge in [0.2, 0.25) is 10.0 Å². The standard InChI is InChI=1S/C25H20ClN5O3S/c1-35(33,34)30-25(32)18-3-2-4-20(13-18)31-24(15-22(29-31)16-5-8-19(26)9-6-16)17-7-10-21-23(14-17)28-12-11-27-21/h2-14,24H,15H2,1H3,(H,30,32). The summed E-state index contributed by atoms with van der Waals surface area (Å²) in [6.45, 7) is 0. The normalized spacial score (nSPS) is 15.8. The predicted octanol–water partition coefficient (Wildman–Crippen LogP) is 4.33. The van der Waals surface area contributed by atoms with Crippen molar-refractivity contribution < 1.29 is 13.2 Å². The molecule has 5 rings (SSSR count). The Bertz CT molecular complexity index is 1570. The first kappa shape index (κ1) is 22.9. The van der Waals surface area contributed by atoms with Crippen molar-refractivity contribution in [3.63, 3.8) is 0 Å². The van der Waals surface area contributed by atoms with Crippen LogP contribution in [0, 0.1) is 0 Å². The van der Waals surface area contributed by atoms with E-state index < -0.39 is 15.9 Å². The fourth-order valence-electron chi connectivity index (χ4n) is 4.03. The van der Waals surface area contributed by atoms with E-state index in [9.17, 15) is 13.2 Å². The maximum absolute atomic E-state index is 12.5. The number of halogens is 1. The van der Waals surface area contributed by atoms with Crippen LogP contribution in [-0.4, -0.2) is 36.3 Å². The molecule has 0 saturated carbocycles. The van der Waals surface area contributed by atoms with Crippen LogP contribution in [0.25, 0.3) is 11.0 Å². The van der Waals surface area contributed by atoms with Crippen LogP contribution in [-0.2, 0) is 10.0 Å². The van der Waals surface area contributed by atoms with E-state index in [1.165, 1.54) is 0 Å². The van der Waals surface area contributed by atoms with Crippen molar-refractivity contribution in [1.82, 2.24) is 14.7 Å². The van der Waals surface area contributed by atoms with Gasteiger partial charge in [-0.2, -0.15) is 5.10 Å². The highest BCUT2D eigenvalue weighted by Gasteiger charge is 2.30. The number of aromatic nitrogens is 2. The number of carbonyl (C=O) groups is 1. The third-order valence-corrected chi connectivity index (χ3v) is 6.43. The summed E-state index contributed by atoms with van der Waals surface area (Å²) in [5.41, 5.74) is 5.21. The van der Waals surface area contributed by atoms with Crippen LogP contribution in [0.5, 0.6) is 0 Å². The van der Waals surface area contributed by atoms with E-state index in [2.05, 4.69) is 9.97 Å². The van der Waals surface area contributed by atoms with Crippen molar-refractivity contribution in [2.75, 3.05) is 11.3 Å². The second kappa shape index (κ2) is 9.09. The number of benzene rings is 3. The van der Waals surface area contributed by atoms with Crippen LogP contribution < -0.4 is 9.73 Å². The summed E-state index contributed by atoms with van der Waals surface area (Å²) in [4.78, 5) is 21.2. The highest BCUT2D eigenvalue weighted by Crippen LogP contribution is 2.37. The Hall–Kier alpha value is -3.82. The molecule has 10 heteroatoms. The fourth-order valence-corrected chi connectivity index (χ4v) is 4.61. The second-order valence-corrected chi connectivity index (χ2v) is 10.4. The van der Waals surface area contributed by atoms with Crippen molar-refractivity contribution >= 4 is 50.0 Å². The minimum Gasteiger partial charge on any atom is -0.268 e. The minimum atomic E-state index is -3.69. The summed E-state index contributed by atoms with van der Waals surface area (Å²) in [6, 6.07) is 19.9.